The lowest BCUT2D eigenvalue weighted by Crippen LogP contribution is -2.03. The van der Waals surface area contributed by atoms with Crippen molar-refractivity contribution in [3.63, 3.8) is 0 Å². The van der Waals surface area contributed by atoms with Crippen LogP contribution in [0, 0.1) is 24.1 Å². The second kappa shape index (κ2) is 6.07. The van der Waals surface area contributed by atoms with Crippen molar-refractivity contribution in [1.29, 1.82) is 5.26 Å². The van der Waals surface area contributed by atoms with Gasteiger partial charge in [0.2, 0.25) is 0 Å². The predicted molar refractivity (Wildman–Crippen MR) is 76.2 cm³/mol. The number of hydrogen-bond donors (Lipinski definition) is 1. The van der Waals surface area contributed by atoms with Crippen molar-refractivity contribution in [2.75, 3.05) is 12.4 Å². The molecule has 0 aliphatic carbocycles. The molecule has 0 saturated carbocycles. The lowest BCUT2D eigenvalue weighted by Gasteiger charge is -2.11. The Labute approximate surface area is 117 Å². The molecular weight excluding hydrogens is 255 g/mol. The number of benzene rings is 2. The Morgan fingerprint density at radius 3 is 2.70 bits per heavy atom. The first kappa shape index (κ1) is 13.9. The summed E-state index contributed by atoms with van der Waals surface area (Å²) in [6.45, 7) is 2.28. The Morgan fingerprint density at radius 1 is 1.25 bits per heavy atom. The predicted octanol–water partition coefficient (Wildman–Crippen LogP) is 3.63. The van der Waals surface area contributed by atoms with E-state index in [9.17, 15) is 4.39 Å². The van der Waals surface area contributed by atoms with Gasteiger partial charge in [-0.15, -0.1) is 0 Å². The first-order valence-electron chi connectivity index (χ1n) is 6.21. The number of rotatable bonds is 4. The van der Waals surface area contributed by atoms with E-state index in [4.69, 9.17) is 10.00 Å². The van der Waals surface area contributed by atoms with Gasteiger partial charge in [-0.05, 0) is 48.9 Å². The van der Waals surface area contributed by atoms with Gasteiger partial charge < -0.3 is 10.1 Å². The summed E-state index contributed by atoms with van der Waals surface area (Å²) in [4.78, 5) is 0. The lowest BCUT2D eigenvalue weighted by molar-refractivity contribution is 0.414. The fourth-order valence-corrected chi connectivity index (χ4v) is 1.93. The van der Waals surface area contributed by atoms with Gasteiger partial charge in [0, 0.05) is 17.8 Å². The van der Waals surface area contributed by atoms with Gasteiger partial charge in [-0.2, -0.15) is 5.26 Å². The van der Waals surface area contributed by atoms with E-state index in [1.165, 1.54) is 12.1 Å². The number of hydrogen-bond acceptors (Lipinski definition) is 3. The van der Waals surface area contributed by atoms with Crippen molar-refractivity contribution >= 4 is 5.69 Å². The summed E-state index contributed by atoms with van der Waals surface area (Å²) in [5.41, 5.74) is 2.85. The average molecular weight is 270 g/mol. The quantitative estimate of drug-likeness (QED) is 0.922. The van der Waals surface area contributed by atoms with Gasteiger partial charge >= 0.3 is 0 Å². The summed E-state index contributed by atoms with van der Waals surface area (Å²) >= 11 is 0. The number of anilines is 1. The molecule has 3 nitrogen and oxygen atoms in total. The van der Waals surface area contributed by atoms with Crippen LogP contribution in [0.25, 0.3) is 0 Å². The molecule has 2 rings (SSSR count). The SMILES string of the molecule is COc1ccc(NCc2cc(C#N)ccc2F)c(C)c1. The van der Waals surface area contributed by atoms with Crippen molar-refractivity contribution in [2.45, 2.75) is 13.5 Å². The maximum atomic E-state index is 13.7. The summed E-state index contributed by atoms with van der Waals surface area (Å²) in [7, 11) is 1.62. The Morgan fingerprint density at radius 2 is 2.05 bits per heavy atom. The lowest BCUT2D eigenvalue weighted by atomic mass is 10.1. The molecule has 20 heavy (non-hydrogen) atoms. The van der Waals surface area contributed by atoms with Gasteiger partial charge in [-0.25, -0.2) is 4.39 Å². The Kier molecular flexibility index (Phi) is 4.21. The number of methoxy groups -OCH3 is 1. The van der Waals surface area contributed by atoms with Gasteiger partial charge in [-0.3, -0.25) is 0 Å². The third kappa shape index (κ3) is 3.07. The van der Waals surface area contributed by atoms with Crippen molar-refractivity contribution in [3.8, 4) is 11.8 Å². The van der Waals surface area contributed by atoms with Crippen LogP contribution in [0.2, 0.25) is 0 Å². The minimum Gasteiger partial charge on any atom is -0.497 e. The van der Waals surface area contributed by atoms with Crippen LogP contribution >= 0.6 is 0 Å². The van der Waals surface area contributed by atoms with E-state index >= 15 is 0 Å². The van der Waals surface area contributed by atoms with E-state index < -0.39 is 0 Å². The molecule has 0 aromatic heterocycles. The maximum Gasteiger partial charge on any atom is 0.128 e. The van der Waals surface area contributed by atoms with E-state index in [0.717, 1.165) is 17.0 Å². The molecule has 0 unspecified atom stereocenters. The van der Waals surface area contributed by atoms with E-state index in [-0.39, 0.29) is 5.82 Å². The van der Waals surface area contributed by atoms with Crippen LogP contribution in [0.3, 0.4) is 0 Å². The van der Waals surface area contributed by atoms with Crippen LogP contribution in [0.5, 0.6) is 5.75 Å². The Hall–Kier alpha value is -2.54. The smallest absolute Gasteiger partial charge is 0.128 e. The van der Waals surface area contributed by atoms with E-state index in [2.05, 4.69) is 5.32 Å². The normalized spacial score (nSPS) is 9.90. The molecule has 1 N–H and O–H groups in total. The zero-order valence-electron chi connectivity index (χ0n) is 11.4. The van der Waals surface area contributed by atoms with Crippen LogP contribution in [0.1, 0.15) is 16.7 Å². The van der Waals surface area contributed by atoms with Crippen LogP contribution in [0.15, 0.2) is 36.4 Å². The van der Waals surface area contributed by atoms with Crippen LogP contribution < -0.4 is 10.1 Å². The summed E-state index contributed by atoms with van der Waals surface area (Å²) in [6.07, 6.45) is 0. The molecule has 0 aliphatic heterocycles. The maximum absolute atomic E-state index is 13.7. The van der Waals surface area contributed by atoms with E-state index in [1.54, 1.807) is 13.2 Å². The van der Waals surface area contributed by atoms with Gasteiger partial charge in [0.1, 0.15) is 11.6 Å². The van der Waals surface area contributed by atoms with Gasteiger partial charge in [0.25, 0.3) is 0 Å². The molecule has 102 valence electrons. The number of halogens is 1. The molecule has 4 heteroatoms. The van der Waals surface area contributed by atoms with Crippen molar-refractivity contribution in [3.05, 3.63) is 58.9 Å². The highest BCUT2D eigenvalue weighted by atomic mass is 19.1. The Bertz CT molecular complexity index is 662. The number of nitriles is 1. The summed E-state index contributed by atoms with van der Waals surface area (Å²) in [5, 5.41) is 12.0. The van der Waals surface area contributed by atoms with E-state index in [1.807, 2.05) is 31.2 Å². The highest BCUT2D eigenvalue weighted by Crippen LogP contribution is 2.22. The minimum atomic E-state index is -0.317. The molecule has 0 aliphatic rings. The molecule has 0 heterocycles. The van der Waals surface area contributed by atoms with Crippen molar-refractivity contribution in [1.82, 2.24) is 0 Å². The number of nitrogens with one attached hydrogen (secondary N) is 1. The number of aryl methyl sites for hydroxylation is 1. The van der Waals surface area contributed by atoms with Crippen molar-refractivity contribution in [2.24, 2.45) is 0 Å². The highest BCUT2D eigenvalue weighted by molar-refractivity contribution is 5.54. The van der Waals surface area contributed by atoms with Gasteiger partial charge in [-0.1, -0.05) is 0 Å². The van der Waals surface area contributed by atoms with Crippen LogP contribution in [-0.4, -0.2) is 7.11 Å². The minimum absolute atomic E-state index is 0.317. The third-order valence-corrected chi connectivity index (χ3v) is 3.08. The molecule has 2 aromatic rings. The van der Waals surface area contributed by atoms with Crippen LogP contribution in [0.4, 0.5) is 10.1 Å². The first-order valence-corrected chi connectivity index (χ1v) is 6.21. The number of nitrogens with zero attached hydrogens (tertiary/aromatic N) is 1. The molecule has 0 spiro atoms. The zero-order chi connectivity index (χ0) is 14.5. The van der Waals surface area contributed by atoms with Crippen LogP contribution in [-0.2, 0) is 6.54 Å². The molecule has 0 atom stereocenters. The Balaban J connectivity index is 2.15. The monoisotopic (exact) mass is 270 g/mol. The molecule has 0 fully saturated rings. The molecule has 0 saturated heterocycles. The summed E-state index contributed by atoms with van der Waals surface area (Å²) in [5.74, 6) is 0.466. The highest BCUT2D eigenvalue weighted by Gasteiger charge is 2.05. The first-order chi connectivity index (χ1) is 9.63. The van der Waals surface area contributed by atoms with Gasteiger partial charge in [0.15, 0.2) is 0 Å². The second-order valence-electron chi connectivity index (χ2n) is 4.45. The topological polar surface area (TPSA) is 45.0 Å². The molecule has 0 amide bonds. The fourth-order valence-electron chi connectivity index (χ4n) is 1.93. The van der Waals surface area contributed by atoms with E-state index in [0.29, 0.717) is 17.7 Å². The van der Waals surface area contributed by atoms with Gasteiger partial charge in [0.05, 0.1) is 18.7 Å². The summed E-state index contributed by atoms with van der Waals surface area (Å²) < 4.78 is 18.8. The van der Waals surface area contributed by atoms with Crippen molar-refractivity contribution < 1.29 is 9.13 Å². The molecule has 2 aromatic carbocycles. The molecule has 0 bridgehead atoms. The largest absolute Gasteiger partial charge is 0.497 e. The summed E-state index contributed by atoms with van der Waals surface area (Å²) in [6, 6.07) is 12.0. The average Bonchev–Trinajstić information content (AvgIpc) is 2.47. The number of ether oxygens (including phenoxy) is 1. The second-order valence-corrected chi connectivity index (χ2v) is 4.45. The molecule has 0 radical (unpaired) electrons. The zero-order valence-corrected chi connectivity index (χ0v) is 11.4. The third-order valence-electron chi connectivity index (χ3n) is 3.08. The fraction of sp³-hybridized carbons (Fsp3) is 0.188. The molecular formula is C16H15FN2O. The standard InChI is InChI=1S/C16H15FN2O/c1-11-7-14(20-2)4-6-16(11)19-10-13-8-12(9-18)3-5-15(13)17/h3-8,19H,10H2,1-2H3.